The minimum absolute atomic E-state index is 0.0562. The van der Waals surface area contributed by atoms with E-state index >= 15 is 0 Å². The van der Waals surface area contributed by atoms with E-state index in [1.165, 1.54) is 0 Å². The minimum atomic E-state index is -0.520. The number of hydrogen-bond acceptors (Lipinski definition) is 7. The van der Waals surface area contributed by atoms with Crippen molar-refractivity contribution >= 4 is 17.5 Å². The molecule has 1 aliphatic heterocycles. The highest BCUT2D eigenvalue weighted by Gasteiger charge is 2.31. The molecular weight excluding hydrogens is 316 g/mol. The highest BCUT2D eigenvalue weighted by atomic mass is 32.2. The molecule has 0 aromatic carbocycles. The first-order valence-corrected chi connectivity index (χ1v) is 8.83. The van der Waals surface area contributed by atoms with Crippen molar-refractivity contribution < 1.29 is 14.3 Å². The van der Waals surface area contributed by atoms with Gasteiger partial charge in [0, 0.05) is 5.75 Å². The van der Waals surface area contributed by atoms with E-state index in [-0.39, 0.29) is 23.8 Å². The summed E-state index contributed by atoms with van der Waals surface area (Å²) in [6.07, 6.45) is 0.249. The lowest BCUT2D eigenvalue weighted by Crippen LogP contribution is -2.35. The third kappa shape index (κ3) is 5.26. The Hall–Kier alpha value is -0.990. The number of Topliss-reactive ketones (excluding diaryl/α,β-unsaturated/α-hetero) is 1. The van der Waals surface area contributed by atoms with E-state index in [1.807, 2.05) is 34.6 Å². The predicted octanol–water partition coefficient (Wildman–Crippen LogP) is 1.47. The third-order valence-electron chi connectivity index (χ3n) is 3.56. The number of nitrogens with zero attached hydrogens (tertiary/aromatic N) is 4. The van der Waals surface area contributed by atoms with Gasteiger partial charge in [0.1, 0.15) is 0 Å². The number of aromatic nitrogens is 4. The Labute approximate surface area is 141 Å². The minimum Gasteiger partial charge on any atom is -0.376 e. The van der Waals surface area contributed by atoms with Gasteiger partial charge in [-0.15, -0.1) is 22.0 Å². The third-order valence-corrected chi connectivity index (χ3v) is 5.05. The maximum Gasteiger partial charge on any atom is 0.182 e. The molecular formula is C15H26N4O3S. The molecule has 0 unspecified atom stereocenters. The van der Waals surface area contributed by atoms with Crippen molar-refractivity contribution in [2.24, 2.45) is 0 Å². The van der Waals surface area contributed by atoms with Crippen LogP contribution in [0.1, 0.15) is 40.4 Å². The number of thioether (sulfide) groups is 1. The van der Waals surface area contributed by atoms with E-state index in [1.54, 1.807) is 16.6 Å². The van der Waals surface area contributed by atoms with Crippen LogP contribution in [0.5, 0.6) is 0 Å². The summed E-state index contributed by atoms with van der Waals surface area (Å²) >= 11 is 1.59. The quantitative estimate of drug-likeness (QED) is 0.774. The molecule has 1 aromatic rings. The number of carbonyl (C=O) groups excluding carboxylic acids is 1. The van der Waals surface area contributed by atoms with Crippen LogP contribution in [0.25, 0.3) is 0 Å². The molecule has 1 atom stereocenters. The SMILES string of the molecule is CC(C)(SC[C@H]1COCCO1)C(=O)Cc1nnn(C(C)(C)C)n1. The average Bonchev–Trinajstić information content (AvgIpc) is 2.95. The second-order valence-corrected chi connectivity index (χ2v) is 8.80. The van der Waals surface area contributed by atoms with E-state index in [2.05, 4.69) is 15.4 Å². The number of hydrogen-bond donors (Lipinski definition) is 0. The van der Waals surface area contributed by atoms with Gasteiger partial charge in [0.15, 0.2) is 11.6 Å². The van der Waals surface area contributed by atoms with Crippen molar-refractivity contribution in [3.05, 3.63) is 5.82 Å². The summed E-state index contributed by atoms with van der Waals surface area (Å²) in [7, 11) is 0. The molecule has 0 N–H and O–H groups in total. The van der Waals surface area contributed by atoms with Crippen molar-refractivity contribution in [2.45, 2.75) is 57.4 Å². The van der Waals surface area contributed by atoms with Crippen molar-refractivity contribution in [2.75, 3.05) is 25.6 Å². The van der Waals surface area contributed by atoms with Crippen molar-refractivity contribution in [1.82, 2.24) is 20.2 Å². The molecule has 0 aliphatic carbocycles. The van der Waals surface area contributed by atoms with Gasteiger partial charge < -0.3 is 9.47 Å². The molecule has 130 valence electrons. The van der Waals surface area contributed by atoms with Gasteiger partial charge in [-0.2, -0.15) is 4.80 Å². The van der Waals surface area contributed by atoms with Crippen LogP contribution in [0.15, 0.2) is 0 Å². The Balaban J connectivity index is 1.88. The van der Waals surface area contributed by atoms with Crippen molar-refractivity contribution in [1.29, 1.82) is 0 Å². The lowest BCUT2D eigenvalue weighted by atomic mass is 10.1. The van der Waals surface area contributed by atoms with Crippen LogP contribution in [0.4, 0.5) is 0 Å². The fourth-order valence-electron chi connectivity index (χ4n) is 1.97. The molecule has 8 heteroatoms. The maximum absolute atomic E-state index is 12.6. The Morgan fingerprint density at radius 3 is 2.61 bits per heavy atom. The van der Waals surface area contributed by atoms with Gasteiger partial charge in [-0.3, -0.25) is 4.79 Å². The van der Waals surface area contributed by atoms with Gasteiger partial charge in [0.25, 0.3) is 0 Å². The number of carbonyl (C=O) groups is 1. The molecule has 2 rings (SSSR count). The molecule has 1 saturated heterocycles. The number of tetrazole rings is 1. The topological polar surface area (TPSA) is 79.1 Å². The van der Waals surface area contributed by atoms with Gasteiger partial charge in [0.05, 0.1) is 42.6 Å². The van der Waals surface area contributed by atoms with Gasteiger partial charge in [0.2, 0.25) is 0 Å². The molecule has 1 aliphatic rings. The van der Waals surface area contributed by atoms with Crippen LogP contribution in [0.3, 0.4) is 0 Å². The summed E-state index contributed by atoms with van der Waals surface area (Å²) in [5.41, 5.74) is -0.239. The fraction of sp³-hybridized carbons (Fsp3) is 0.867. The lowest BCUT2D eigenvalue weighted by Gasteiger charge is -2.27. The summed E-state index contributed by atoms with van der Waals surface area (Å²) < 4.78 is 10.5. The van der Waals surface area contributed by atoms with Crippen LogP contribution in [0, 0.1) is 0 Å². The summed E-state index contributed by atoms with van der Waals surface area (Å²) in [6, 6.07) is 0. The molecule has 0 radical (unpaired) electrons. The Bertz CT molecular complexity index is 533. The molecule has 1 fully saturated rings. The first-order valence-electron chi connectivity index (χ1n) is 7.84. The molecule has 2 heterocycles. The van der Waals surface area contributed by atoms with Crippen molar-refractivity contribution in [3.63, 3.8) is 0 Å². The van der Waals surface area contributed by atoms with Crippen LogP contribution >= 0.6 is 11.8 Å². The summed E-state index contributed by atoms with van der Waals surface area (Å²) in [6.45, 7) is 11.7. The lowest BCUT2D eigenvalue weighted by molar-refractivity contribution is -0.120. The van der Waals surface area contributed by atoms with E-state index in [4.69, 9.17) is 9.47 Å². The van der Waals surface area contributed by atoms with Crippen molar-refractivity contribution in [3.8, 4) is 0 Å². The predicted molar refractivity (Wildman–Crippen MR) is 88.6 cm³/mol. The van der Waals surface area contributed by atoms with E-state index in [9.17, 15) is 4.79 Å². The fourth-order valence-corrected chi connectivity index (χ4v) is 3.00. The molecule has 0 bridgehead atoms. The van der Waals surface area contributed by atoms with Gasteiger partial charge in [-0.25, -0.2) is 0 Å². The van der Waals surface area contributed by atoms with E-state index < -0.39 is 4.75 Å². The smallest absolute Gasteiger partial charge is 0.182 e. The zero-order valence-corrected chi connectivity index (χ0v) is 15.4. The molecule has 7 nitrogen and oxygen atoms in total. The summed E-state index contributed by atoms with van der Waals surface area (Å²) in [5, 5.41) is 12.3. The molecule has 0 spiro atoms. The highest BCUT2D eigenvalue weighted by Crippen LogP contribution is 2.28. The maximum atomic E-state index is 12.6. The molecule has 23 heavy (non-hydrogen) atoms. The number of ketones is 1. The van der Waals surface area contributed by atoms with Crippen LogP contribution in [-0.2, 0) is 26.2 Å². The monoisotopic (exact) mass is 342 g/mol. The number of ether oxygens (including phenoxy) is 2. The van der Waals surface area contributed by atoms with Crippen LogP contribution in [-0.4, -0.2) is 62.4 Å². The summed E-state index contributed by atoms with van der Waals surface area (Å²) in [4.78, 5) is 14.1. The number of rotatable bonds is 6. The van der Waals surface area contributed by atoms with Crippen LogP contribution < -0.4 is 0 Å². The Morgan fingerprint density at radius 2 is 2.04 bits per heavy atom. The second kappa shape index (κ2) is 7.27. The standard InChI is InChI=1S/C15H26N4O3S/c1-14(2,3)19-17-13(16-18-19)8-12(20)15(4,5)23-10-11-9-21-6-7-22-11/h11H,6-10H2,1-5H3/t11-/m1/s1. The average molecular weight is 342 g/mol. The van der Waals surface area contributed by atoms with Crippen LogP contribution in [0.2, 0.25) is 0 Å². The van der Waals surface area contributed by atoms with E-state index in [0.29, 0.717) is 25.6 Å². The zero-order valence-electron chi connectivity index (χ0n) is 14.5. The first kappa shape index (κ1) is 18.4. The zero-order chi connectivity index (χ0) is 17.1. The summed E-state index contributed by atoms with van der Waals surface area (Å²) in [5.74, 6) is 1.30. The van der Waals surface area contributed by atoms with Gasteiger partial charge in [-0.05, 0) is 39.8 Å². The first-order chi connectivity index (χ1) is 10.7. The molecule has 1 aromatic heterocycles. The second-order valence-electron chi connectivity index (χ2n) is 7.15. The van der Waals surface area contributed by atoms with Gasteiger partial charge >= 0.3 is 0 Å². The largest absolute Gasteiger partial charge is 0.376 e. The Morgan fingerprint density at radius 1 is 1.30 bits per heavy atom. The normalized spacial score (nSPS) is 19.8. The highest BCUT2D eigenvalue weighted by molar-refractivity contribution is 8.01. The van der Waals surface area contributed by atoms with Gasteiger partial charge in [-0.1, -0.05) is 0 Å². The molecule has 0 saturated carbocycles. The Kier molecular flexibility index (Phi) is 5.80. The molecule has 0 amide bonds. The van der Waals surface area contributed by atoms with E-state index in [0.717, 1.165) is 5.75 Å².